The van der Waals surface area contributed by atoms with E-state index in [9.17, 15) is 0 Å². The molecular formula is C16H25N3S. The zero-order valence-corrected chi connectivity index (χ0v) is 13.0. The first-order chi connectivity index (χ1) is 9.79. The fourth-order valence-electron chi connectivity index (χ4n) is 3.20. The van der Waals surface area contributed by atoms with E-state index in [1.165, 1.54) is 36.1 Å². The van der Waals surface area contributed by atoms with E-state index < -0.39 is 0 Å². The van der Waals surface area contributed by atoms with Gasteiger partial charge in [0, 0.05) is 24.1 Å². The third kappa shape index (κ3) is 2.89. The number of likely N-dealkylation sites (N-methyl/N-ethyl adjacent to an activating group) is 1. The molecule has 2 fully saturated rings. The molecule has 1 aromatic rings. The summed E-state index contributed by atoms with van der Waals surface area (Å²) in [6.45, 7) is 1.15. The topological polar surface area (TPSA) is 41.3 Å². The Balaban J connectivity index is 1.74. The fourth-order valence-corrected chi connectivity index (χ4v) is 4.48. The Hall–Kier alpha value is -0.550. The number of nitrogens with two attached hydrogens (primary N) is 1. The van der Waals surface area contributed by atoms with E-state index in [4.69, 9.17) is 5.84 Å². The summed E-state index contributed by atoms with van der Waals surface area (Å²) in [5.74, 6) is 9.03. The Bertz CT molecular complexity index is 430. The smallest absolute Gasteiger partial charge is 0.0623 e. The van der Waals surface area contributed by atoms with Crippen molar-refractivity contribution in [2.75, 3.05) is 25.1 Å². The van der Waals surface area contributed by atoms with Crippen LogP contribution >= 0.6 is 11.8 Å². The highest BCUT2D eigenvalue weighted by molar-refractivity contribution is 7.99. The highest BCUT2D eigenvalue weighted by atomic mass is 32.2. The average molecular weight is 291 g/mol. The molecule has 1 heterocycles. The van der Waals surface area contributed by atoms with Gasteiger partial charge in [-0.15, -0.1) is 0 Å². The van der Waals surface area contributed by atoms with Crippen molar-refractivity contribution >= 4 is 11.8 Å². The van der Waals surface area contributed by atoms with Crippen LogP contribution in [0, 0.1) is 0 Å². The lowest BCUT2D eigenvalue weighted by Crippen LogP contribution is -2.49. The molecule has 2 unspecified atom stereocenters. The van der Waals surface area contributed by atoms with Gasteiger partial charge in [-0.2, -0.15) is 11.8 Å². The van der Waals surface area contributed by atoms with Crippen molar-refractivity contribution in [2.24, 2.45) is 5.84 Å². The molecule has 110 valence electrons. The Morgan fingerprint density at radius 1 is 1.30 bits per heavy atom. The van der Waals surface area contributed by atoms with Gasteiger partial charge in [0.15, 0.2) is 0 Å². The average Bonchev–Trinajstić information content (AvgIpc) is 2.41. The molecule has 3 rings (SSSR count). The molecule has 4 heteroatoms. The molecular weight excluding hydrogens is 266 g/mol. The minimum absolute atomic E-state index is 0.225. The monoisotopic (exact) mass is 291 g/mol. The molecule has 3 nitrogen and oxygen atoms in total. The molecule has 0 radical (unpaired) electrons. The van der Waals surface area contributed by atoms with Crippen molar-refractivity contribution < 1.29 is 0 Å². The maximum atomic E-state index is 5.85. The van der Waals surface area contributed by atoms with E-state index in [0.717, 1.165) is 18.2 Å². The van der Waals surface area contributed by atoms with Gasteiger partial charge in [-0.3, -0.25) is 16.2 Å². The minimum atomic E-state index is 0.225. The zero-order chi connectivity index (χ0) is 13.9. The molecule has 1 aliphatic heterocycles. The number of thioether (sulfide) groups is 1. The lowest BCUT2D eigenvalue weighted by molar-refractivity contribution is 0.216. The summed E-state index contributed by atoms with van der Waals surface area (Å²) in [4.78, 5) is 2.43. The Kier molecular flexibility index (Phi) is 4.66. The first kappa shape index (κ1) is 14.4. The summed E-state index contributed by atoms with van der Waals surface area (Å²) in [6, 6.07) is 9.85. The van der Waals surface area contributed by atoms with Crippen LogP contribution in [-0.2, 0) is 0 Å². The molecule has 20 heavy (non-hydrogen) atoms. The van der Waals surface area contributed by atoms with Crippen LogP contribution in [0.25, 0.3) is 0 Å². The van der Waals surface area contributed by atoms with E-state index in [1.807, 2.05) is 11.8 Å². The zero-order valence-electron chi connectivity index (χ0n) is 12.2. The van der Waals surface area contributed by atoms with E-state index in [1.54, 1.807) is 0 Å². The number of rotatable bonds is 4. The summed E-state index contributed by atoms with van der Waals surface area (Å²) >= 11 is 2.03. The summed E-state index contributed by atoms with van der Waals surface area (Å²) in [6.07, 6.45) is 4.11. The predicted octanol–water partition coefficient (Wildman–Crippen LogP) is 2.51. The maximum Gasteiger partial charge on any atom is 0.0623 e. The predicted molar refractivity (Wildman–Crippen MR) is 86.8 cm³/mol. The van der Waals surface area contributed by atoms with Crippen LogP contribution in [0.15, 0.2) is 24.3 Å². The van der Waals surface area contributed by atoms with Gasteiger partial charge in [-0.25, -0.2) is 0 Å². The number of nitrogens with one attached hydrogen (secondary N) is 1. The molecule has 3 N–H and O–H groups in total. The van der Waals surface area contributed by atoms with Gasteiger partial charge in [-0.05, 0) is 36.9 Å². The molecule has 1 aromatic carbocycles. The van der Waals surface area contributed by atoms with Gasteiger partial charge in [0.2, 0.25) is 0 Å². The third-order valence-corrected chi connectivity index (χ3v) is 5.93. The van der Waals surface area contributed by atoms with Crippen molar-refractivity contribution in [3.63, 3.8) is 0 Å². The molecule has 2 atom stereocenters. The van der Waals surface area contributed by atoms with Crippen molar-refractivity contribution in [3.8, 4) is 0 Å². The van der Waals surface area contributed by atoms with Gasteiger partial charge < -0.3 is 0 Å². The highest BCUT2D eigenvalue weighted by Crippen LogP contribution is 2.37. The summed E-state index contributed by atoms with van der Waals surface area (Å²) in [5, 5.41) is 0. The van der Waals surface area contributed by atoms with Crippen LogP contribution < -0.4 is 11.3 Å². The van der Waals surface area contributed by atoms with E-state index >= 15 is 0 Å². The Morgan fingerprint density at radius 3 is 2.60 bits per heavy atom. The molecule has 1 saturated carbocycles. The molecule has 1 aliphatic carbocycles. The maximum absolute atomic E-state index is 5.85. The van der Waals surface area contributed by atoms with Gasteiger partial charge in [0.25, 0.3) is 0 Å². The van der Waals surface area contributed by atoms with Crippen molar-refractivity contribution in [1.82, 2.24) is 10.3 Å². The molecule has 0 amide bonds. The second-order valence-corrected chi connectivity index (χ2v) is 7.21. The van der Waals surface area contributed by atoms with Gasteiger partial charge in [0.05, 0.1) is 6.04 Å². The lowest BCUT2D eigenvalue weighted by Gasteiger charge is -2.37. The van der Waals surface area contributed by atoms with Crippen molar-refractivity contribution in [3.05, 3.63) is 35.4 Å². The van der Waals surface area contributed by atoms with Crippen LogP contribution in [0.1, 0.15) is 42.3 Å². The number of hydrogen-bond acceptors (Lipinski definition) is 4. The second kappa shape index (κ2) is 6.48. The van der Waals surface area contributed by atoms with Crippen LogP contribution in [0.4, 0.5) is 0 Å². The Labute approximate surface area is 126 Å². The van der Waals surface area contributed by atoms with Crippen LogP contribution in [0.2, 0.25) is 0 Å². The molecule has 0 spiro atoms. The van der Waals surface area contributed by atoms with Crippen molar-refractivity contribution in [1.29, 1.82) is 0 Å². The third-order valence-electron chi connectivity index (χ3n) is 4.88. The first-order valence-electron chi connectivity index (χ1n) is 7.63. The fraction of sp³-hybridized carbons (Fsp3) is 0.625. The normalized spacial score (nSPS) is 26.2. The summed E-state index contributed by atoms with van der Waals surface area (Å²) in [7, 11) is 2.21. The molecule has 1 saturated heterocycles. The molecule has 0 bridgehead atoms. The van der Waals surface area contributed by atoms with Gasteiger partial charge in [0.1, 0.15) is 0 Å². The standard InChI is InChI=1S/C16H25N3S/c1-19-9-10-20-11-15(19)16(18-17)14-7-5-13(6-8-14)12-3-2-4-12/h5-8,12,15-16,18H,2-4,9-11,17H2,1H3. The van der Waals surface area contributed by atoms with Crippen LogP contribution in [0.5, 0.6) is 0 Å². The van der Waals surface area contributed by atoms with E-state index in [-0.39, 0.29) is 6.04 Å². The van der Waals surface area contributed by atoms with Crippen LogP contribution in [-0.4, -0.2) is 36.0 Å². The number of hydrazine groups is 1. The van der Waals surface area contributed by atoms with E-state index in [0.29, 0.717) is 6.04 Å². The molecule has 2 aliphatic rings. The quantitative estimate of drug-likeness (QED) is 0.661. The summed E-state index contributed by atoms with van der Waals surface area (Å²) in [5.41, 5.74) is 5.86. The Morgan fingerprint density at radius 2 is 2.05 bits per heavy atom. The highest BCUT2D eigenvalue weighted by Gasteiger charge is 2.28. The largest absolute Gasteiger partial charge is 0.300 e. The first-order valence-corrected chi connectivity index (χ1v) is 8.79. The summed E-state index contributed by atoms with van der Waals surface area (Å²) < 4.78 is 0. The molecule has 0 aromatic heterocycles. The second-order valence-electron chi connectivity index (χ2n) is 6.06. The van der Waals surface area contributed by atoms with Gasteiger partial charge >= 0.3 is 0 Å². The van der Waals surface area contributed by atoms with Crippen LogP contribution in [0.3, 0.4) is 0 Å². The van der Waals surface area contributed by atoms with E-state index in [2.05, 4.69) is 41.6 Å². The minimum Gasteiger partial charge on any atom is -0.300 e. The SMILES string of the molecule is CN1CCSCC1C(NN)c1ccc(C2CCC2)cc1. The number of nitrogens with zero attached hydrogens (tertiary/aromatic N) is 1. The number of benzene rings is 1. The number of hydrogen-bond donors (Lipinski definition) is 2. The lowest BCUT2D eigenvalue weighted by atomic mass is 9.79. The van der Waals surface area contributed by atoms with Crippen molar-refractivity contribution in [2.45, 2.75) is 37.3 Å². The van der Waals surface area contributed by atoms with Gasteiger partial charge in [-0.1, -0.05) is 30.7 Å².